The first-order valence-corrected chi connectivity index (χ1v) is 10.1. The Kier molecular flexibility index (Phi) is 5.72. The second kappa shape index (κ2) is 8.57. The number of H-pyrrole nitrogens is 1. The summed E-state index contributed by atoms with van der Waals surface area (Å²) in [5.74, 6) is 1.25. The van der Waals surface area contributed by atoms with Crippen molar-refractivity contribution in [3.8, 4) is 11.5 Å². The third-order valence-corrected chi connectivity index (χ3v) is 5.73. The molecule has 0 unspecified atom stereocenters. The summed E-state index contributed by atoms with van der Waals surface area (Å²) in [6, 6.07) is 13.8. The van der Waals surface area contributed by atoms with Gasteiger partial charge >= 0.3 is 0 Å². The number of nitrogens with zero attached hydrogens (tertiary/aromatic N) is 2. The maximum absolute atomic E-state index is 9.44. The van der Waals surface area contributed by atoms with Gasteiger partial charge < -0.3 is 19.7 Å². The van der Waals surface area contributed by atoms with Crippen LogP contribution in [0, 0.1) is 0 Å². The van der Waals surface area contributed by atoms with Crippen molar-refractivity contribution in [1.29, 1.82) is 0 Å². The van der Waals surface area contributed by atoms with Gasteiger partial charge in [0.1, 0.15) is 11.5 Å². The number of rotatable bonds is 7. The number of aryl methyl sites for hydroxylation is 1. The highest BCUT2D eigenvalue weighted by Crippen LogP contribution is 2.25. The Bertz CT molecular complexity index is 896. The van der Waals surface area contributed by atoms with Crippen LogP contribution >= 0.6 is 0 Å². The quantitative estimate of drug-likeness (QED) is 0.609. The van der Waals surface area contributed by atoms with E-state index in [1.165, 1.54) is 35.0 Å². The Morgan fingerprint density at radius 1 is 1.00 bits per heavy atom. The van der Waals surface area contributed by atoms with Crippen LogP contribution in [-0.2, 0) is 6.42 Å². The van der Waals surface area contributed by atoms with Crippen molar-refractivity contribution in [3.63, 3.8) is 0 Å². The van der Waals surface area contributed by atoms with Crippen molar-refractivity contribution in [2.45, 2.75) is 19.3 Å². The largest absolute Gasteiger partial charge is 0.508 e. The van der Waals surface area contributed by atoms with Crippen molar-refractivity contribution in [1.82, 2.24) is 9.88 Å². The molecule has 2 aromatic carbocycles. The first kappa shape index (κ1) is 18.7. The highest BCUT2D eigenvalue weighted by molar-refractivity contribution is 5.84. The lowest BCUT2D eigenvalue weighted by molar-refractivity contribution is 0.253. The number of nitrogens with one attached hydrogen (secondary N) is 1. The lowest BCUT2D eigenvalue weighted by Crippen LogP contribution is -2.46. The third kappa shape index (κ3) is 4.25. The van der Waals surface area contributed by atoms with Gasteiger partial charge in [0, 0.05) is 49.0 Å². The summed E-state index contributed by atoms with van der Waals surface area (Å²) in [7, 11) is 1.72. The Balaban J connectivity index is 1.22. The number of unbranched alkanes of at least 4 members (excludes halogenated alkanes) is 1. The smallest absolute Gasteiger partial charge is 0.119 e. The first-order chi connectivity index (χ1) is 13.7. The fraction of sp³-hybridized carbons (Fsp3) is 0.391. The molecule has 0 bridgehead atoms. The maximum Gasteiger partial charge on any atom is 0.119 e. The number of hydrogen-bond acceptors (Lipinski definition) is 4. The van der Waals surface area contributed by atoms with Crippen molar-refractivity contribution in [2.75, 3.05) is 44.7 Å². The van der Waals surface area contributed by atoms with Gasteiger partial charge in [-0.25, -0.2) is 0 Å². The number of aromatic nitrogens is 1. The number of phenolic OH excluding ortho intramolecular Hbond substituents is 1. The summed E-state index contributed by atoms with van der Waals surface area (Å²) in [5.41, 5.74) is 3.76. The van der Waals surface area contributed by atoms with Gasteiger partial charge in [0.2, 0.25) is 0 Å². The Morgan fingerprint density at radius 3 is 2.54 bits per heavy atom. The fourth-order valence-electron chi connectivity index (χ4n) is 4.04. The summed E-state index contributed by atoms with van der Waals surface area (Å²) < 4.78 is 5.36. The van der Waals surface area contributed by atoms with Crippen LogP contribution in [0.4, 0.5) is 5.69 Å². The topological polar surface area (TPSA) is 51.7 Å². The number of anilines is 1. The standard InChI is InChI=1S/C23H29N3O2/c1-28-21-9-10-23-22(16-21)18(17-24-23)4-2-3-11-25-12-14-26(15-13-25)19-5-7-20(27)8-6-19/h5-10,16-17,24,27H,2-4,11-15H2,1H3. The SMILES string of the molecule is COc1ccc2[nH]cc(CCCCN3CCN(c4ccc(O)cc4)CC3)c2c1. The monoisotopic (exact) mass is 379 g/mol. The van der Waals surface area contributed by atoms with Crippen LogP contribution in [0.3, 0.4) is 0 Å². The second-order valence-corrected chi connectivity index (χ2v) is 7.53. The van der Waals surface area contributed by atoms with Gasteiger partial charge in [0.05, 0.1) is 7.11 Å². The van der Waals surface area contributed by atoms with Gasteiger partial charge in [-0.15, -0.1) is 0 Å². The van der Waals surface area contributed by atoms with E-state index in [0.717, 1.165) is 44.9 Å². The highest BCUT2D eigenvalue weighted by atomic mass is 16.5. The van der Waals surface area contributed by atoms with Crippen LogP contribution in [0.1, 0.15) is 18.4 Å². The maximum atomic E-state index is 9.44. The molecule has 1 fully saturated rings. The van der Waals surface area contributed by atoms with Gasteiger partial charge in [-0.2, -0.15) is 0 Å². The summed E-state index contributed by atoms with van der Waals surface area (Å²) in [6.07, 6.45) is 5.65. The number of ether oxygens (including phenoxy) is 1. The normalized spacial score (nSPS) is 15.2. The molecule has 0 atom stereocenters. The van der Waals surface area contributed by atoms with Crippen LogP contribution in [0.5, 0.6) is 11.5 Å². The Morgan fingerprint density at radius 2 is 1.79 bits per heavy atom. The van der Waals surface area contributed by atoms with Crippen molar-refractivity contribution >= 4 is 16.6 Å². The summed E-state index contributed by atoms with van der Waals surface area (Å²) in [6.45, 7) is 5.46. The molecule has 148 valence electrons. The number of methoxy groups -OCH3 is 1. The number of fused-ring (bicyclic) bond motifs is 1. The Labute approximate surface area is 166 Å². The van der Waals surface area contributed by atoms with Crippen LogP contribution < -0.4 is 9.64 Å². The number of piperazine rings is 1. The minimum atomic E-state index is 0.330. The molecule has 2 heterocycles. The first-order valence-electron chi connectivity index (χ1n) is 10.1. The highest BCUT2D eigenvalue weighted by Gasteiger charge is 2.16. The van der Waals surface area contributed by atoms with E-state index in [0.29, 0.717) is 5.75 Å². The fourth-order valence-corrected chi connectivity index (χ4v) is 4.04. The minimum Gasteiger partial charge on any atom is -0.508 e. The summed E-state index contributed by atoms with van der Waals surface area (Å²) in [4.78, 5) is 8.33. The predicted molar refractivity (Wildman–Crippen MR) is 115 cm³/mol. The second-order valence-electron chi connectivity index (χ2n) is 7.53. The average Bonchev–Trinajstić information content (AvgIpc) is 3.14. The molecule has 1 aromatic heterocycles. The molecule has 1 aliphatic rings. The predicted octanol–water partition coefficient (Wildman–Crippen LogP) is 4.03. The molecule has 2 N–H and O–H groups in total. The molecule has 5 heteroatoms. The molecule has 5 nitrogen and oxygen atoms in total. The van der Waals surface area contributed by atoms with Gasteiger partial charge in [-0.3, -0.25) is 4.90 Å². The van der Waals surface area contributed by atoms with E-state index in [4.69, 9.17) is 4.74 Å². The van der Waals surface area contributed by atoms with Gasteiger partial charge in [0.15, 0.2) is 0 Å². The number of aromatic amines is 1. The molecule has 0 saturated carbocycles. The van der Waals surface area contributed by atoms with E-state index < -0.39 is 0 Å². The van der Waals surface area contributed by atoms with E-state index in [1.54, 1.807) is 19.2 Å². The molecule has 0 amide bonds. The number of hydrogen-bond donors (Lipinski definition) is 2. The Hall–Kier alpha value is -2.66. The van der Waals surface area contributed by atoms with Crippen molar-refractivity contribution in [3.05, 3.63) is 54.2 Å². The number of benzene rings is 2. The molecule has 0 radical (unpaired) electrons. The van der Waals surface area contributed by atoms with Crippen molar-refractivity contribution in [2.24, 2.45) is 0 Å². The summed E-state index contributed by atoms with van der Waals surface area (Å²) >= 11 is 0. The minimum absolute atomic E-state index is 0.330. The van der Waals surface area contributed by atoms with E-state index in [9.17, 15) is 5.11 Å². The molecule has 3 aromatic rings. The molecule has 28 heavy (non-hydrogen) atoms. The lowest BCUT2D eigenvalue weighted by Gasteiger charge is -2.36. The van der Waals surface area contributed by atoms with Crippen LogP contribution in [0.25, 0.3) is 10.9 Å². The van der Waals surface area contributed by atoms with Crippen LogP contribution in [0.15, 0.2) is 48.7 Å². The molecule has 1 saturated heterocycles. The zero-order valence-electron chi connectivity index (χ0n) is 16.5. The molecule has 4 rings (SSSR count). The van der Waals surface area contributed by atoms with Crippen LogP contribution in [-0.4, -0.2) is 54.8 Å². The average molecular weight is 380 g/mol. The van der Waals surface area contributed by atoms with Crippen LogP contribution in [0.2, 0.25) is 0 Å². The van der Waals surface area contributed by atoms with E-state index in [2.05, 4.69) is 33.1 Å². The van der Waals surface area contributed by atoms with Gasteiger partial charge in [-0.1, -0.05) is 0 Å². The third-order valence-electron chi connectivity index (χ3n) is 5.73. The molecule has 0 spiro atoms. The number of phenols is 1. The lowest BCUT2D eigenvalue weighted by atomic mass is 10.1. The van der Waals surface area contributed by atoms with Gasteiger partial charge in [0.25, 0.3) is 0 Å². The summed E-state index contributed by atoms with van der Waals surface area (Å²) in [5, 5.41) is 10.7. The molecule has 1 aliphatic heterocycles. The number of aromatic hydroxyl groups is 1. The zero-order valence-corrected chi connectivity index (χ0v) is 16.5. The molecule has 0 aliphatic carbocycles. The van der Waals surface area contributed by atoms with Gasteiger partial charge in [-0.05, 0) is 73.8 Å². The zero-order chi connectivity index (χ0) is 19.3. The van der Waals surface area contributed by atoms with Crippen molar-refractivity contribution < 1.29 is 9.84 Å². The van der Waals surface area contributed by atoms with E-state index >= 15 is 0 Å². The molecular formula is C23H29N3O2. The van der Waals surface area contributed by atoms with E-state index in [1.807, 2.05) is 18.2 Å². The van der Waals surface area contributed by atoms with E-state index in [-0.39, 0.29) is 0 Å². The molecular weight excluding hydrogens is 350 g/mol.